The van der Waals surface area contributed by atoms with Crippen LogP contribution in [-0.4, -0.2) is 35.7 Å². The number of aliphatic hydroxyl groups is 1. The summed E-state index contributed by atoms with van der Waals surface area (Å²) in [7, 11) is 1.76. The molecule has 2 unspecified atom stereocenters. The lowest BCUT2D eigenvalue weighted by Gasteiger charge is -2.22. The van der Waals surface area contributed by atoms with Crippen molar-refractivity contribution in [3.63, 3.8) is 0 Å². The van der Waals surface area contributed by atoms with Crippen LogP contribution in [0.25, 0.3) is 0 Å². The summed E-state index contributed by atoms with van der Waals surface area (Å²) < 4.78 is 0. The molecule has 0 spiro atoms. The van der Waals surface area contributed by atoms with Crippen molar-refractivity contribution >= 4 is 6.03 Å². The Bertz CT molecular complexity index is 446. The van der Waals surface area contributed by atoms with Crippen LogP contribution in [0.2, 0.25) is 0 Å². The van der Waals surface area contributed by atoms with Gasteiger partial charge in [0.05, 0.1) is 12.1 Å². The van der Waals surface area contributed by atoms with E-state index in [4.69, 9.17) is 0 Å². The molecule has 0 saturated heterocycles. The number of nitrogens with zero attached hydrogens (tertiary/aromatic N) is 1. The van der Waals surface area contributed by atoms with E-state index in [0.717, 1.165) is 12.8 Å². The van der Waals surface area contributed by atoms with Crippen LogP contribution < -0.4 is 5.32 Å². The molecule has 1 aliphatic rings. The zero-order valence-corrected chi connectivity index (χ0v) is 11.6. The number of amides is 2. The maximum Gasteiger partial charge on any atom is 0.317 e. The predicted octanol–water partition coefficient (Wildman–Crippen LogP) is 2.09. The maximum atomic E-state index is 12.1. The summed E-state index contributed by atoms with van der Waals surface area (Å²) >= 11 is 0. The van der Waals surface area contributed by atoms with E-state index in [2.05, 4.69) is 17.4 Å². The Morgan fingerprint density at radius 2 is 2.26 bits per heavy atom. The summed E-state index contributed by atoms with van der Waals surface area (Å²) in [5.41, 5.74) is 2.57. The smallest absolute Gasteiger partial charge is 0.317 e. The number of aryl methyl sites for hydroxylation is 1. The third-order valence-corrected chi connectivity index (χ3v) is 3.66. The third kappa shape index (κ3) is 3.47. The number of carbonyl (C=O) groups excluding carboxylic acids is 1. The van der Waals surface area contributed by atoms with E-state index < -0.39 is 0 Å². The zero-order chi connectivity index (χ0) is 13.8. The van der Waals surface area contributed by atoms with Gasteiger partial charge in [-0.05, 0) is 37.3 Å². The zero-order valence-electron chi connectivity index (χ0n) is 11.6. The molecule has 1 aromatic rings. The van der Waals surface area contributed by atoms with Gasteiger partial charge in [0, 0.05) is 13.6 Å². The number of aliphatic hydroxyl groups excluding tert-OH is 1. The van der Waals surface area contributed by atoms with Crippen molar-refractivity contribution in [2.45, 2.75) is 38.3 Å². The Morgan fingerprint density at radius 1 is 1.53 bits per heavy atom. The summed E-state index contributed by atoms with van der Waals surface area (Å²) in [6.07, 6.45) is 2.22. The minimum atomic E-state index is -0.373. The van der Waals surface area contributed by atoms with Crippen LogP contribution in [0, 0.1) is 0 Å². The quantitative estimate of drug-likeness (QED) is 0.873. The van der Waals surface area contributed by atoms with E-state index in [9.17, 15) is 9.90 Å². The summed E-state index contributed by atoms with van der Waals surface area (Å²) in [5, 5.41) is 12.3. The first-order valence-corrected chi connectivity index (χ1v) is 6.85. The van der Waals surface area contributed by atoms with Gasteiger partial charge in [0.25, 0.3) is 0 Å². The summed E-state index contributed by atoms with van der Waals surface area (Å²) in [5.74, 6) is 0. The van der Waals surface area contributed by atoms with Crippen molar-refractivity contribution in [2.75, 3.05) is 13.6 Å². The van der Waals surface area contributed by atoms with Crippen LogP contribution in [0.1, 0.15) is 36.9 Å². The van der Waals surface area contributed by atoms with E-state index in [1.54, 1.807) is 18.9 Å². The van der Waals surface area contributed by atoms with Crippen molar-refractivity contribution in [3.8, 4) is 0 Å². The Hall–Kier alpha value is -1.55. The molecule has 0 fully saturated rings. The molecule has 2 N–H and O–H groups in total. The minimum absolute atomic E-state index is 0.0673. The molecule has 4 nitrogen and oxygen atoms in total. The van der Waals surface area contributed by atoms with Crippen molar-refractivity contribution in [2.24, 2.45) is 0 Å². The molecule has 104 valence electrons. The van der Waals surface area contributed by atoms with E-state index in [-0.39, 0.29) is 18.2 Å². The summed E-state index contributed by atoms with van der Waals surface area (Å²) in [4.78, 5) is 13.7. The highest BCUT2D eigenvalue weighted by atomic mass is 16.3. The maximum absolute atomic E-state index is 12.1. The van der Waals surface area contributed by atoms with Gasteiger partial charge in [-0.25, -0.2) is 4.79 Å². The molecular formula is C15H22N2O2. The monoisotopic (exact) mass is 262 g/mol. The fraction of sp³-hybridized carbons (Fsp3) is 0.533. The third-order valence-electron chi connectivity index (χ3n) is 3.66. The van der Waals surface area contributed by atoms with Crippen LogP contribution in [0.4, 0.5) is 4.79 Å². The Labute approximate surface area is 114 Å². The lowest BCUT2D eigenvalue weighted by molar-refractivity contribution is 0.162. The van der Waals surface area contributed by atoms with Crippen LogP contribution >= 0.6 is 0 Å². The molecule has 2 atom stereocenters. The molecular weight excluding hydrogens is 240 g/mol. The highest BCUT2D eigenvalue weighted by Gasteiger charge is 2.24. The molecule has 1 aliphatic carbocycles. The molecule has 0 radical (unpaired) electrons. The fourth-order valence-electron chi connectivity index (χ4n) is 2.45. The van der Waals surface area contributed by atoms with Crippen LogP contribution in [0.15, 0.2) is 24.3 Å². The lowest BCUT2D eigenvalue weighted by Crippen LogP contribution is -2.39. The first-order valence-electron chi connectivity index (χ1n) is 6.85. The van der Waals surface area contributed by atoms with E-state index >= 15 is 0 Å². The molecule has 0 aliphatic heterocycles. The predicted molar refractivity (Wildman–Crippen MR) is 75.0 cm³/mol. The highest BCUT2D eigenvalue weighted by Crippen LogP contribution is 2.30. The van der Waals surface area contributed by atoms with Gasteiger partial charge in [-0.3, -0.25) is 0 Å². The average Bonchev–Trinajstić information content (AvgIpc) is 2.79. The second-order valence-electron chi connectivity index (χ2n) is 5.30. The molecule has 19 heavy (non-hydrogen) atoms. The largest absolute Gasteiger partial charge is 0.393 e. The van der Waals surface area contributed by atoms with Gasteiger partial charge in [0.2, 0.25) is 0 Å². The number of carbonyl (C=O) groups is 1. The van der Waals surface area contributed by atoms with Crippen molar-refractivity contribution in [1.29, 1.82) is 0 Å². The van der Waals surface area contributed by atoms with Gasteiger partial charge >= 0.3 is 6.03 Å². The Morgan fingerprint density at radius 3 is 3.00 bits per heavy atom. The van der Waals surface area contributed by atoms with E-state index in [1.807, 2.05) is 12.1 Å². The van der Waals surface area contributed by atoms with Crippen LogP contribution in [0.3, 0.4) is 0 Å². The number of fused-ring (bicyclic) bond motifs is 1. The molecule has 0 aromatic heterocycles. The summed E-state index contributed by atoms with van der Waals surface area (Å²) in [6, 6.07) is 8.32. The van der Waals surface area contributed by atoms with E-state index in [0.29, 0.717) is 13.0 Å². The van der Waals surface area contributed by atoms with E-state index in [1.165, 1.54) is 11.1 Å². The number of urea groups is 1. The topological polar surface area (TPSA) is 52.6 Å². The Kier molecular flexibility index (Phi) is 4.43. The Balaban J connectivity index is 1.90. The first kappa shape index (κ1) is 13.9. The number of rotatable bonds is 4. The molecule has 0 bridgehead atoms. The average molecular weight is 262 g/mol. The van der Waals surface area contributed by atoms with Gasteiger partial charge in [-0.1, -0.05) is 24.3 Å². The molecule has 0 heterocycles. The van der Waals surface area contributed by atoms with Gasteiger partial charge in [0.15, 0.2) is 0 Å². The number of benzene rings is 1. The van der Waals surface area contributed by atoms with Gasteiger partial charge < -0.3 is 15.3 Å². The highest BCUT2D eigenvalue weighted by molar-refractivity contribution is 5.74. The van der Waals surface area contributed by atoms with Crippen molar-refractivity contribution < 1.29 is 9.90 Å². The second kappa shape index (κ2) is 6.06. The molecule has 2 rings (SSSR count). The van der Waals surface area contributed by atoms with Crippen molar-refractivity contribution in [1.82, 2.24) is 10.2 Å². The van der Waals surface area contributed by atoms with Gasteiger partial charge in [-0.2, -0.15) is 0 Å². The van der Waals surface area contributed by atoms with Crippen LogP contribution in [-0.2, 0) is 6.42 Å². The number of nitrogens with one attached hydrogen (secondary N) is 1. The van der Waals surface area contributed by atoms with Gasteiger partial charge in [-0.15, -0.1) is 0 Å². The number of hydrogen-bond acceptors (Lipinski definition) is 2. The normalized spacial score (nSPS) is 18.8. The van der Waals surface area contributed by atoms with Crippen LogP contribution in [0.5, 0.6) is 0 Å². The summed E-state index contributed by atoms with van der Waals surface area (Å²) in [6.45, 7) is 2.30. The standard InChI is InChI=1S/C15H22N2O2/c1-11(18)9-10-17(2)15(19)16-14-8-7-12-5-3-4-6-13(12)14/h3-6,11,14,18H,7-10H2,1-2H3,(H,16,19). The minimum Gasteiger partial charge on any atom is -0.393 e. The second-order valence-corrected chi connectivity index (χ2v) is 5.30. The lowest BCUT2D eigenvalue weighted by atomic mass is 10.1. The first-order chi connectivity index (χ1) is 9.08. The SMILES string of the molecule is CC(O)CCN(C)C(=O)NC1CCc2ccccc21. The molecule has 2 amide bonds. The van der Waals surface area contributed by atoms with Gasteiger partial charge in [0.1, 0.15) is 0 Å². The molecule has 1 aromatic carbocycles. The molecule has 4 heteroatoms. The molecule has 0 saturated carbocycles. The number of hydrogen-bond donors (Lipinski definition) is 2. The fourth-order valence-corrected chi connectivity index (χ4v) is 2.45. The van der Waals surface area contributed by atoms with Crippen molar-refractivity contribution in [3.05, 3.63) is 35.4 Å².